The lowest BCUT2D eigenvalue weighted by atomic mass is 10.0. The van der Waals surface area contributed by atoms with Crippen LogP contribution in [0.4, 0.5) is 17.1 Å². The SMILES string of the molecule is N=C1O[C@H](c2ccc([N+](=O)[O-])cc2)C(=N/Nc2cccc3ccccc23)/C1=N\Nc1cccc2ccccc12. The summed E-state index contributed by atoms with van der Waals surface area (Å²) in [4.78, 5) is 10.7. The van der Waals surface area contributed by atoms with Crippen LogP contribution in [0, 0.1) is 15.5 Å². The van der Waals surface area contributed by atoms with Crippen molar-refractivity contribution in [3.05, 3.63) is 125 Å². The molecular weight excluding hydrogens is 492 g/mol. The topological polar surface area (TPSA) is 125 Å². The zero-order valence-corrected chi connectivity index (χ0v) is 20.5. The third-order valence-corrected chi connectivity index (χ3v) is 6.51. The van der Waals surface area contributed by atoms with Crippen molar-refractivity contribution in [2.45, 2.75) is 6.10 Å². The van der Waals surface area contributed by atoms with Gasteiger partial charge in [0.15, 0.2) is 11.8 Å². The molecule has 6 rings (SSSR count). The molecule has 5 aromatic rings. The highest BCUT2D eigenvalue weighted by molar-refractivity contribution is 6.69. The number of ether oxygens (including phenoxy) is 1. The van der Waals surface area contributed by atoms with Crippen molar-refractivity contribution in [2.24, 2.45) is 10.2 Å². The molecule has 1 atom stereocenters. The first-order valence-corrected chi connectivity index (χ1v) is 12.2. The minimum atomic E-state index is -0.783. The van der Waals surface area contributed by atoms with E-state index in [1.165, 1.54) is 12.1 Å². The van der Waals surface area contributed by atoms with Gasteiger partial charge in [-0.05, 0) is 40.6 Å². The highest BCUT2D eigenvalue weighted by Crippen LogP contribution is 2.30. The fraction of sp³-hybridized carbons (Fsp3) is 0.0333. The number of hydrogen-bond acceptors (Lipinski definition) is 8. The molecule has 0 aliphatic carbocycles. The second kappa shape index (κ2) is 10.1. The number of nitrogens with zero attached hydrogens (tertiary/aromatic N) is 3. The maximum absolute atomic E-state index is 11.2. The van der Waals surface area contributed by atoms with Gasteiger partial charge < -0.3 is 4.74 Å². The van der Waals surface area contributed by atoms with Gasteiger partial charge in [-0.3, -0.25) is 26.4 Å². The van der Waals surface area contributed by atoms with Crippen molar-refractivity contribution in [1.82, 2.24) is 0 Å². The smallest absolute Gasteiger partial charge is 0.269 e. The van der Waals surface area contributed by atoms with Crippen LogP contribution in [-0.4, -0.2) is 22.2 Å². The van der Waals surface area contributed by atoms with E-state index < -0.39 is 11.0 Å². The molecule has 0 bridgehead atoms. The van der Waals surface area contributed by atoms with E-state index in [1.807, 2.05) is 84.9 Å². The lowest BCUT2D eigenvalue weighted by molar-refractivity contribution is -0.384. The summed E-state index contributed by atoms with van der Waals surface area (Å²) in [6.45, 7) is 0. The molecule has 1 heterocycles. The van der Waals surface area contributed by atoms with Crippen molar-refractivity contribution in [3.8, 4) is 0 Å². The molecule has 9 nitrogen and oxygen atoms in total. The Morgan fingerprint density at radius 2 is 1.26 bits per heavy atom. The summed E-state index contributed by atoms with van der Waals surface area (Å²) < 4.78 is 5.90. The van der Waals surface area contributed by atoms with Gasteiger partial charge in [-0.1, -0.05) is 72.8 Å². The minimum absolute atomic E-state index is 0.0364. The van der Waals surface area contributed by atoms with Gasteiger partial charge in [0.2, 0.25) is 5.90 Å². The Morgan fingerprint density at radius 3 is 1.85 bits per heavy atom. The molecule has 0 aromatic heterocycles. The first kappa shape index (κ1) is 23.8. The average molecular weight is 515 g/mol. The number of hydrazone groups is 2. The fourth-order valence-electron chi connectivity index (χ4n) is 4.57. The van der Waals surface area contributed by atoms with E-state index in [0.29, 0.717) is 11.3 Å². The predicted octanol–water partition coefficient (Wildman–Crippen LogP) is 6.89. The Kier molecular flexibility index (Phi) is 6.14. The molecule has 0 saturated carbocycles. The Morgan fingerprint density at radius 1 is 0.718 bits per heavy atom. The van der Waals surface area contributed by atoms with Crippen LogP contribution in [0.5, 0.6) is 0 Å². The molecular formula is C30H22N6O3. The summed E-state index contributed by atoms with van der Waals surface area (Å²) in [7, 11) is 0. The van der Waals surface area contributed by atoms with Gasteiger partial charge in [0.25, 0.3) is 5.69 Å². The van der Waals surface area contributed by atoms with Crippen LogP contribution in [-0.2, 0) is 4.74 Å². The molecule has 1 aliphatic heterocycles. The summed E-state index contributed by atoms with van der Waals surface area (Å²) in [5, 5.41) is 33.0. The van der Waals surface area contributed by atoms with Crippen LogP contribution >= 0.6 is 0 Å². The summed E-state index contributed by atoms with van der Waals surface area (Å²) in [6.07, 6.45) is -0.783. The molecule has 190 valence electrons. The molecule has 0 unspecified atom stereocenters. The Bertz CT molecular complexity index is 1790. The predicted molar refractivity (Wildman–Crippen MR) is 155 cm³/mol. The van der Waals surface area contributed by atoms with Crippen molar-refractivity contribution >= 4 is 55.9 Å². The quantitative estimate of drug-likeness (QED) is 0.168. The van der Waals surface area contributed by atoms with Crippen LogP contribution in [0.2, 0.25) is 0 Å². The largest absolute Gasteiger partial charge is 0.461 e. The van der Waals surface area contributed by atoms with Crippen LogP contribution in [0.15, 0.2) is 119 Å². The minimum Gasteiger partial charge on any atom is -0.461 e. The number of fused-ring (bicyclic) bond motifs is 2. The van der Waals surface area contributed by atoms with E-state index in [-0.39, 0.29) is 17.3 Å². The molecule has 0 spiro atoms. The summed E-state index contributed by atoms with van der Waals surface area (Å²) in [5.41, 5.74) is 8.93. The van der Waals surface area contributed by atoms with Gasteiger partial charge in [-0.15, -0.1) is 0 Å². The maximum atomic E-state index is 11.2. The second-order valence-electron chi connectivity index (χ2n) is 8.91. The number of non-ortho nitro benzene ring substituents is 1. The lowest BCUT2D eigenvalue weighted by Gasteiger charge is -2.12. The van der Waals surface area contributed by atoms with Gasteiger partial charge in [-0.25, -0.2) is 0 Å². The number of nitro benzene ring substituents is 1. The molecule has 0 radical (unpaired) electrons. The summed E-state index contributed by atoms with van der Waals surface area (Å²) >= 11 is 0. The highest BCUT2D eigenvalue weighted by atomic mass is 16.6. The van der Waals surface area contributed by atoms with E-state index in [0.717, 1.165) is 32.9 Å². The molecule has 5 aromatic carbocycles. The first-order valence-electron chi connectivity index (χ1n) is 12.2. The van der Waals surface area contributed by atoms with E-state index in [2.05, 4.69) is 21.1 Å². The monoisotopic (exact) mass is 514 g/mol. The summed E-state index contributed by atoms with van der Waals surface area (Å²) in [6, 6.07) is 33.6. The normalized spacial score (nSPS) is 17.0. The summed E-state index contributed by atoms with van der Waals surface area (Å²) in [5.74, 6) is -0.162. The number of nitrogens with one attached hydrogen (secondary N) is 3. The average Bonchev–Trinajstić information content (AvgIpc) is 3.29. The van der Waals surface area contributed by atoms with Crippen molar-refractivity contribution in [2.75, 3.05) is 10.9 Å². The number of benzene rings is 5. The highest BCUT2D eigenvalue weighted by Gasteiger charge is 2.37. The van der Waals surface area contributed by atoms with Gasteiger partial charge in [0, 0.05) is 22.9 Å². The Labute approximate surface area is 223 Å². The number of nitro groups is 1. The zero-order chi connectivity index (χ0) is 26.8. The zero-order valence-electron chi connectivity index (χ0n) is 20.5. The molecule has 39 heavy (non-hydrogen) atoms. The van der Waals surface area contributed by atoms with Crippen LogP contribution in [0.3, 0.4) is 0 Å². The second-order valence-corrected chi connectivity index (χ2v) is 8.91. The first-order chi connectivity index (χ1) is 19.1. The third-order valence-electron chi connectivity index (χ3n) is 6.51. The van der Waals surface area contributed by atoms with Crippen LogP contribution < -0.4 is 10.9 Å². The number of rotatable bonds is 6. The number of hydrogen-bond donors (Lipinski definition) is 3. The molecule has 1 aliphatic rings. The molecule has 1 saturated heterocycles. The van der Waals surface area contributed by atoms with Gasteiger partial charge in [-0.2, -0.15) is 10.2 Å². The Hall–Kier alpha value is -5.57. The maximum Gasteiger partial charge on any atom is 0.269 e. The third kappa shape index (κ3) is 4.64. The molecule has 0 amide bonds. The lowest BCUT2D eigenvalue weighted by Crippen LogP contribution is -2.19. The van der Waals surface area contributed by atoms with Crippen molar-refractivity contribution < 1.29 is 9.66 Å². The van der Waals surface area contributed by atoms with Crippen LogP contribution in [0.25, 0.3) is 21.5 Å². The molecule has 3 N–H and O–H groups in total. The van der Waals surface area contributed by atoms with Crippen molar-refractivity contribution in [3.63, 3.8) is 0 Å². The fourth-order valence-corrected chi connectivity index (χ4v) is 4.57. The standard InChI is InChI=1S/C30H22N6O3/c31-30-28(35-33-26-14-6-10-20-8-2-4-12-24(20)26)27(29(39-30)21-15-17-22(18-16-21)36(37)38)34-32-25-13-5-9-19-7-1-3-11-23(19)25/h1-18,29,31-33H/b31-30?,34-27+,35-28+/t29-/m1/s1. The molecule has 1 fully saturated rings. The number of anilines is 2. The van der Waals surface area contributed by atoms with Crippen LogP contribution in [0.1, 0.15) is 11.7 Å². The van der Waals surface area contributed by atoms with E-state index in [1.54, 1.807) is 12.1 Å². The van der Waals surface area contributed by atoms with E-state index in [9.17, 15) is 10.1 Å². The van der Waals surface area contributed by atoms with E-state index in [4.69, 9.17) is 10.1 Å². The molecule has 9 heteroatoms. The Balaban J connectivity index is 1.40. The van der Waals surface area contributed by atoms with Gasteiger partial charge in [0.05, 0.1) is 16.3 Å². The van der Waals surface area contributed by atoms with E-state index >= 15 is 0 Å². The van der Waals surface area contributed by atoms with Gasteiger partial charge in [0.1, 0.15) is 5.71 Å². The van der Waals surface area contributed by atoms with Crippen molar-refractivity contribution in [1.29, 1.82) is 5.41 Å². The van der Waals surface area contributed by atoms with Gasteiger partial charge >= 0.3 is 0 Å².